The normalized spacial score (nSPS) is 21.8. The lowest BCUT2D eigenvalue weighted by Crippen LogP contribution is -2.36. The Morgan fingerprint density at radius 3 is 2.61 bits per heavy atom. The van der Waals surface area contributed by atoms with Gasteiger partial charge in [-0.05, 0) is 43.9 Å². The second kappa shape index (κ2) is 7.59. The summed E-state index contributed by atoms with van der Waals surface area (Å²) in [5, 5.41) is 5.93. The number of carbonyl (C=O) groups is 2. The van der Waals surface area contributed by atoms with Crippen molar-refractivity contribution < 1.29 is 14.3 Å². The highest BCUT2D eigenvalue weighted by Crippen LogP contribution is 2.19. The molecule has 2 fully saturated rings. The molecule has 2 amide bonds. The van der Waals surface area contributed by atoms with E-state index in [9.17, 15) is 9.59 Å². The van der Waals surface area contributed by atoms with E-state index in [1.807, 2.05) is 0 Å². The lowest BCUT2D eigenvalue weighted by Gasteiger charge is -2.22. The van der Waals surface area contributed by atoms with Gasteiger partial charge in [0.05, 0.1) is 0 Å². The van der Waals surface area contributed by atoms with Crippen molar-refractivity contribution in [2.75, 3.05) is 11.9 Å². The lowest BCUT2D eigenvalue weighted by atomic mass is 9.95. The van der Waals surface area contributed by atoms with Crippen LogP contribution < -0.4 is 10.6 Å². The first-order chi connectivity index (χ1) is 11.2. The Hall–Kier alpha value is -1.88. The molecule has 1 unspecified atom stereocenters. The quantitative estimate of drug-likeness (QED) is 0.897. The summed E-state index contributed by atoms with van der Waals surface area (Å²) in [4.78, 5) is 24.4. The molecular weight excluding hydrogens is 292 g/mol. The highest BCUT2D eigenvalue weighted by atomic mass is 16.5. The van der Waals surface area contributed by atoms with E-state index in [1.165, 1.54) is 19.3 Å². The topological polar surface area (TPSA) is 67.4 Å². The third kappa shape index (κ3) is 4.32. The van der Waals surface area contributed by atoms with Crippen molar-refractivity contribution in [3.63, 3.8) is 0 Å². The Labute approximate surface area is 136 Å². The number of hydrogen-bond donors (Lipinski definition) is 2. The van der Waals surface area contributed by atoms with Crippen molar-refractivity contribution >= 4 is 17.5 Å². The molecule has 0 radical (unpaired) electrons. The highest BCUT2D eigenvalue weighted by Gasteiger charge is 2.23. The average Bonchev–Trinajstić information content (AvgIpc) is 3.11. The molecule has 1 aliphatic carbocycles. The van der Waals surface area contributed by atoms with Gasteiger partial charge in [-0.2, -0.15) is 0 Å². The summed E-state index contributed by atoms with van der Waals surface area (Å²) in [7, 11) is 0. The van der Waals surface area contributed by atoms with Crippen LogP contribution >= 0.6 is 0 Å². The van der Waals surface area contributed by atoms with Crippen molar-refractivity contribution in [1.29, 1.82) is 0 Å². The zero-order valence-corrected chi connectivity index (χ0v) is 13.3. The number of carbonyl (C=O) groups excluding carboxylic acids is 2. The number of anilines is 1. The molecule has 124 valence electrons. The predicted molar refractivity (Wildman–Crippen MR) is 88.4 cm³/mol. The monoisotopic (exact) mass is 316 g/mol. The van der Waals surface area contributed by atoms with E-state index in [4.69, 9.17) is 4.74 Å². The molecule has 5 nitrogen and oxygen atoms in total. The Morgan fingerprint density at radius 2 is 1.87 bits per heavy atom. The first kappa shape index (κ1) is 16.0. The van der Waals surface area contributed by atoms with Crippen LogP contribution in [0.4, 0.5) is 5.69 Å². The van der Waals surface area contributed by atoms with Crippen molar-refractivity contribution in [2.45, 2.75) is 57.1 Å². The second-order valence-electron chi connectivity index (χ2n) is 6.38. The fraction of sp³-hybridized carbons (Fsp3) is 0.556. The van der Waals surface area contributed by atoms with Gasteiger partial charge in [0.15, 0.2) is 0 Å². The molecule has 2 aliphatic rings. The van der Waals surface area contributed by atoms with Crippen molar-refractivity contribution in [3.05, 3.63) is 29.8 Å². The summed E-state index contributed by atoms with van der Waals surface area (Å²) in [6.07, 6.45) is 7.05. The fourth-order valence-electron chi connectivity index (χ4n) is 3.26. The summed E-state index contributed by atoms with van der Waals surface area (Å²) >= 11 is 0. The molecule has 1 aromatic rings. The minimum atomic E-state index is -0.366. The van der Waals surface area contributed by atoms with Crippen LogP contribution in [0.1, 0.15) is 55.3 Å². The molecule has 1 saturated carbocycles. The molecule has 2 N–H and O–H groups in total. The first-order valence-corrected chi connectivity index (χ1v) is 8.56. The van der Waals surface area contributed by atoms with Crippen LogP contribution in [0, 0.1) is 0 Å². The van der Waals surface area contributed by atoms with Gasteiger partial charge in [-0.25, -0.2) is 0 Å². The number of hydrogen-bond acceptors (Lipinski definition) is 3. The molecule has 3 rings (SSSR count). The van der Waals surface area contributed by atoms with Gasteiger partial charge in [0.25, 0.3) is 11.8 Å². The summed E-state index contributed by atoms with van der Waals surface area (Å²) in [5.41, 5.74) is 1.22. The Bertz CT molecular complexity index is 561. The molecule has 1 saturated heterocycles. The van der Waals surface area contributed by atoms with Gasteiger partial charge in [-0.1, -0.05) is 25.3 Å². The zero-order valence-electron chi connectivity index (χ0n) is 13.3. The molecule has 0 spiro atoms. The molecule has 0 bridgehead atoms. The maximum Gasteiger partial charge on any atom is 0.253 e. The molecule has 23 heavy (non-hydrogen) atoms. The maximum absolute atomic E-state index is 12.4. The number of benzene rings is 1. The minimum absolute atomic E-state index is 0.0647. The minimum Gasteiger partial charge on any atom is -0.368 e. The van der Waals surface area contributed by atoms with E-state index in [2.05, 4.69) is 10.6 Å². The summed E-state index contributed by atoms with van der Waals surface area (Å²) < 4.78 is 5.37. The van der Waals surface area contributed by atoms with Crippen LogP contribution in [0.3, 0.4) is 0 Å². The average molecular weight is 316 g/mol. The molecule has 0 aromatic heterocycles. The van der Waals surface area contributed by atoms with Crippen LogP contribution in [-0.2, 0) is 9.53 Å². The Morgan fingerprint density at radius 1 is 1.04 bits per heavy atom. The standard InChI is InChI=1S/C18H24N2O3/c21-17(19-14-7-2-1-3-8-14)13-6-4-9-15(12-13)20-18(22)16-10-5-11-23-16/h4,6,9,12,14,16H,1-3,5,7-8,10-11H2,(H,19,21)(H,20,22). The third-order valence-electron chi connectivity index (χ3n) is 4.55. The summed E-state index contributed by atoms with van der Waals surface area (Å²) in [6, 6.07) is 7.37. The van der Waals surface area contributed by atoms with Gasteiger partial charge in [-0.3, -0.25) is 9.59 Å². The van der Waals surface area contributed by atoms with E-state index in [0.29, 0.717) is 17.9 Å². The van der Waals surface area contributed by atoms with Gasteiger partial charge >= 0.3 is 0 Å². The van der Waals surface area contributed by atoms with Gasteiger partial charge in [0.1, 0.15) is 6.10 Å². The number of nitrogens with one attached hydrogen (secondary N) is 2. The van der Waals surface area contributed by atoms with Gasteiger partial charge in [0.2, 0.25) is 0 Å². The smallest absolute Gasteiger partial charge is 0.253 e. The number of amides is 2. The van der Waals surface area contributed by atoms with Crippen molar-refractivity contribution in [1.82, 2.24) is 5.32 Å². The maximum atomic E-state index is 12.4. The zero-order chi connectivity index (χ0) is 16.1. The fourth-order valence-corrected chi connectivity index (χ4v) is 3.26. The van der Waals surface area contributed by atoms with E-state index in [1.54, 1.807) is 24.3 Å². The molecule has 5 heteroatoms. The van der Waals surface area contributed by atoms with Crippen molar-refractivity contribution in [2.24, 2.45) is 0 Å². The molecule has 1 aromatic carbocycles. The Balaban J connectivity index is 1.59. The summed E-state index contributed by atoms with van der Waals surface area (Å²) in [5.74, 6) is -0.197. The second-order valence-corrected chi connectivity index (χ2v) is 6.38. The van der Waals surface area contributed by atoms with E-state index in [-0.39, 0.29) is 24.0 Å². The Kier molecular flexibility index (Phi) is 5.28. The first-order valence-electron chi connectivity index (χ1n) is 8.56. The van der Waals surface area contributed by atoms with Gasteiger partial charge < -0.3 is 15.4 Å². The molecule has 1 atom stereocenters. The van der Waals surface area contributed by atoms with Crippen LogP contribution in [-0.4, -0.2) is 30.6 Å². The molecular formula is C18H24N2O3. The van der Waals surface area contributed by atoms with E-state index < -0.39 is 0 Å². The third-order valence-corrected chi connectivity index (χ3v) is 4.55. The van der Waals surface area contributed by atoms with Crippen molar-refractivity contribution in [3.8, 4) is 0 Å². The van der Waals surface area contributed by atoms with Crippen LogP contribution in [0.2, 0.25) is 0 Å². The SMILES string of the molecule is O=C(NC1CCCCC1)c1cccc(NC(=O)C2CCCO2)c1. The van der Waals surface area contributed by atoms with Crippen LogP contribution in [0.5, 0.6) is 0 Å². The lowest BCUT2D eigenvalue weighted by molar-refractivity contribution is -0.124. The number of ether oxygens (including phenoxy) is 1. The number of rotatable bonds is 4. The molecule has 1 aliphatic heterocycles. The van der Waals surface area contributed by atoms with Gasteiger partial charge in [0, 0.05) is 23.9 Å². The summed E-state index contributed by atoms with van der Waals surface area (Å²) in [6.45, 7) is 0.641. The van der Waals surface area contributed by atoms with Gasteiger partial charge in [-0.15, -0.1) is 0 Å². The van der Waals surface area contributed by atoms with E-state index >= 15 is 0 Å². The molecule has 1 heterocycles. The van der Waals surface area contributed by atoms with Crippen LogP contribution in [0.25, 0.3) is 0 Å². The van der Waals surface area contributed by atoms with E-state index in [0.717, 1.165) is 25.7 Å². The largest absolute Gasteiger partial charge is 0.368 e. The highest BCUT2D eigenvalue weighted by molar-refractivity contribution is 5.98. The predicted octanol–water partition coefficient (Wildman–Crippen LogP) is 2.87. The van der Waals surface area contributed by atoms with Crippen LogP contribution in [0.15, 0.2) is 24.3 Å².